The molecule has 1 aliphatic heterocycles. The van der Waals surface area contributed by atoms with Crippen LogP contribution < -0.4 is 10.1 Å². The van der Waals surface area contributed by atoms with Crippen LogP contribution in [0, 0.1) is 5.82 Å². The van der Waals surface area contributed by atoms with Gasteiger partial charge in [0.2, 0.25) is 0 Å². The Morgan fingerprint density at radius 1 is 1.08 bits per heavy atom. The van der Waals surface area contributed by atoms with Gasteiger partial charge in [-0.05, 0) is 24.1 Å². The van der Waals surface area contributed by atoms with Gasteiger partial charge in [-0.2, -0.15) is 13.2 Å². The summed E-state index contributed by atoms with van der Waals surface area (Å²) in [5, 5.41) is 3.06. The van der Waals surface area contributed by atoms with Crippen LogP contribution in [0.1, 0.15) is 24.4 Å². The summed E-state index contributed by atoms with van der Waals surface area (Å²) < 4.78 is 91.8. The molecule has 3 nitrogen and oxygen atoms in total. The van der Waals surface area contributed by atoms with Crippen molar-refractivity contribution in [3.05, 3.63) is 29.6 Å². The number of nitrogens with one attached hydrogen (secondary N) is 1. The Labute approximate surface area is 139 Å². The smallest absolute Gasteiger partial charge is 0.403 e. The van der Waals surface area contributed by atoms with Crippen molar-refractivity contribution >= 4 is 0 Å². The molecule has 0 spiro atoms. The van der Waals surface area contributed by atoms with Crippen LogP contribution in [0.5, 0.6) is 5.75 Å². The van der Waals surface area contributed by atoms with Gasteiger partial charge in [-0.25, -0.2) is 4.39 Å². The van der Waals surface area contributed by atoms with E-state index in [1.807, 2.05) is 0 Å². The number of alkyl halides is 6. The van der Waals surface area contributed by atoms with E-state index in [0.29, 0.717) is 26.2 Å². The van der Waals surface area contributed by atoms with Gasteiger partial charge in [0.15, 0.2) is 11.6 Å². The number of ether oxygens (including phenoxy) is 1. The number of halogens is 7. The van der Waals surface area contributed by atoms with E-state index in [1.165, 1.54) is 6.07 Å². The lowest BCUT2D eigenvalue weighted by Crippen LogP contribution is -2.45. The van der Waals surface area contributed by atoms with Crippen molar-refractivity contribution in [2.45, 2.75) is 31.4 Å². The minimum absolute atomic E-state index is 0.193. The van der Waals surface area contributed by atoms with Crippen LogP contribution in [0.4, 0.5) is 30.7 Å². The number of piperazine rings is 1. The summed E-state index contributed by atoms with van der Waals surface area (Å²) in [6.07, 6.45) is -10.8. The molecule has 1 aromatic carbocycles. The van der Waals surface area contributed by atoms with Gasteiger partial charge >= 0.3 is 12.5 Å². The van der Waals surface area contributed by atoms with Gasteiger partial charge in [-0.3, -0.25) is 4.90 Å². The highest BCUT2D eigenvalue weighted by Crippen LogP contribution is 2.34. The van der Waals surface area contributed by atoms with E-state index >= 15 is 0 Å². The second kappa shape index (κ2) is 7.77. The fourth-order valence-corrected chi connectivity index (χ4v) is 2.79. The fraction of sp³-hybridized carbons (Fsp3) is 0.600. The van der Waals surface area contributed by atoms with E-state index in [9.17, 15) is 30.7 Å². The molecule has 1 aromatic rings. The van der Waals surface area contributed by atoms with E-state index in [4.69, 9.17) is 0 Å². The highest BCUT2D eigenvalue weighted by atomic mass is 19.4. The van der Waals surface area contributed by atoms with Crippen molar-refractivity contribution in [2.75, 3.05) is 26.2 Å². The molecule has 1 aliphatic rings. The number of nitrogens with zero attached hydrogens (tertiary/aromatic N) is 1. The van der Waals surface area contributed by atoms with Gasteiger partial charge in [0.05, 0.1) is 0 Å². The highest BCUT2D eigenvalue weighted by molar-refractivity contribution is 5.31. The standard InChI is InChI=1S/C15H17F7N2O/c16-11-9-10(1-2-13(11)25-15(20,21)22)12(3-4-14(17,18)19)24-7-5-23-6-8-24/h1-2,9,12,23H,3-8H2/t12-/m1/s1. The quantitative estimate of drug-likeness (QED) is 0.789. The second-order valence-electron chi connectivity index (χ2n) is 5.69. The Morgan fingerprint density at radius 3 is 2.24 bits per heavy atom. The predicted molar refractivity (Wildman–Crippen MR) is 75.6 cm³/mol. The summed E-state index contributed by atoms with van der Waals surface area (Å²) in [6, 6.07) is 2.04. The predicted octanol–water partition coefficient (Wildman–Crippen LogP) is 4.01. The first-order valence-corrected chi connectivity index (χ1v) is 7.62. The minimum Gasteiger partial charge on any atom is -0.403 e. The molecule has 1 heterocycles. The van der Waals surface area contributed by atoms with E-state index < -0.39 is 36.6 Å². The first kappa shape index (κ1) is 19.8. The normalized spacial score (nSPS) is 18.2. The van der Waals surface area contributed by atoms with Gasteiger partial charge in [0.1, 0.15) is 0 Å². The van der Waals surface area contributed by atoms with Crippen molar-refractivity contribution in [2.24, 2.45) is 0 Å². The van der Waals surface area contributed by atoms with E-state index in [0.717, 1.165) is 12.1 Å². The molecule has 0 aliphatic carbocycles. The number of rotatable bonds is 5. The Kier molecular flexibility index (Phi) is 6.15. The third-order valence-corrected chi connectivity index (χ3v) is 3.86. The summed E-state index contributed by atoms with van der Waals surface area (Å²) in [6.45, 7) is 2.07. The molecule has 0 unspecified atom stereocenters. The molecular formula is C15H17F7N2O. The van der Waals surface area contributed by atoms with Crippen LogP contribution in [-0.2, 0) is 0 Å². The van der Waals surface area contributed by atoms with Crippen LogP contribution in [-0.4, -0.2) is 43.6 Å². The average molecular weight is 374 g/mol. The summed E-state index contributed by atoms with van der Waals surface area (Å²) in [5.74, 6) is -2.27. The molecular weight excluding hydrogens is 357 g/mol. The Bertz CT molecular complexity index is 568. The maximum absolute atomic E-state index is 13.9. The first-order chi connectivity index (χ1) is 11.6. The van der Waals surface area contributed by atoms with Crippen LogP contribution >= 0.6 is 0 Å². The molecule has 0 amide bonds. The maximum atomic E-state index is 13.9. The van der Waals surface area contributed by atoms with Gasteiger partial charge in [-0.15, -0.1) is 13.2 Å². The maximum Gasteiger partial charge on any atom is 0.573 e. The second-order valence-corrected chi connectivity index (χ2v) is 5.69. The Hall–Kier alpha value is -1.55. The topological polar surface area (TPSA) is 24.5 Å². The number of hydrogen-bond donors (Lipinski definition) is 1. The van der Waals surface area contributed by atoms with Gasteiger partial charge in [0, 0.05) is 38.6 Å². The number of benzene rings is 1. The average Bonchev–Trinajstić information content (AvgIpc) is 2.49. The van der Waals surface area contributed by atoms with Gasteiger partial charge in [0.25, 0.3) is 0 Å². The fourth-order valence-electron chi connectivity index (χ4n) is 2.79. The molecule has 0 bridgehead atoms. The first-order valence-electron chi connectivity index (χ1n) is 7.62. The zero-order valence-corrected chi connectivity index (χ0v) is 13.1. The molecule has 1 atom stereocenters. The summed E-state index contributed by atoms with van der Waals surface area (Å²) in [7, 11) is 0. The molecule has 0 radical (unpaired) electrons. The summed E-state index contributed by atoms with van der Waals surface area (Å²) >= 11 is 0. The molecule has 10 heteroatoms. The van der Waals surface area contributed by atoms with Crippen LogP contribution in [0.2, 0.25) is 0 Å². The molecule has 25 heavy (non-hydrogen) atoms. The van der Waals surface area contributed by atoms with E-state index in [1.54, 1.807) is 4.90 Å². The Morgan fingerprint density at radius 2 is 1.72 bits per heavy atom. The SMILES string of the molecule is Fc1cc([C@@H](CCC(F)(F)F)N2CCNCC2)ccc1OC(F)(F)F. The highest BCUT2D eigenvalue weighted by Gasteiger charge is 2.34. The van der Waals surface area contributed by atoms with Crippen molar-refractivity contribution < 1.29 is 35.5 Å². The Balaban J connectivity index is 2.21. The molecule has 2 rings (SSSR count). The van der Waals surface area contributed by atoms with E-state index in [2.05, 4.69) is 10.1 Å². The lowest BCUT2D eigenvalue weighted by molar-refractivity contribution is -0.275. The van der Waals surface area contributed by atoms with Crippen molar-refractivity contribution in [1.82, 2.24) is 10.2 Å². The molecule has 0 saturated carbocycles. The number of hydrogen-bond acceptors (Lipinski definition) is 3. The lowest BCUT2D eigenvalue weighted by atomic mass is 9.99. The molecule has 1 N–H and O–H groups in total. The zero-order valence-electron chi connectivity index (χ0n) is 13.1. The van der Waals surface area contributed by atoms with Gasteiger partial charge in [-0.1, -0.05) is 6.07 Å². The summed E-state index contributed by atoms with van der Waals surface area (Å²) in [5.41, 5.74) is 0.193. The summed E-state index contributed by atoms with van der Waals surface area (Å²) in [4.78, 5) is 1.77. The van der Waals surface area contributed by atoms with Crippen molar-refractivity contribution in [3.8, 4) is 5.75 Å². The minimum atomic E-state index is -5.05. The van der Waals surface area contributed by atoms with Crippen molar-refractivity contribution in [3.63, 3.8) is 0 Å². The van der Waals surface area contributed by atoms with Crippen LogP contribution in [0.3, 0.4) is 0 Å². The third kappa shape index (κ3) is 6.35. The molecule has 1 fully saturated rings. The molecule has 1 saturated heterocycles. The zero-order chi connectivity index (χ0) is 18.7. The monoisotopic (exact) mass is 374 g/mol. The lowest BCUT2D eigenvalue weighted by Gasteiger charge is -2.35. The van der Waals surface area contributed by atoms with Crippen LogP contribution in [0.25, 0.3) is 0 Å². The van der Waals surface area contributed by atoms with Gasteiger partial charge < -0.3 is 10.1 Å². The van der Waals surface area contributed by atoms with E-state index in [-0.39, 0.29) is 12.0 Å². The molecule has 142 valence electrons. The third-order valence-electron chi connectivity index (χ3n) is 3.86. The molecule has 0 aromatic heterocycles. The van der Waals surface area contributed by atoms with Crippen LogP contribution in [0.15, 0.2) is 18.2 Å². The largest absolute Gasteiger partial charge is 0.573 e. The van der Waals surface area contributed by atoms with Crippen molar-refractivity contribution in [1.29, 1.82) is 0 Å².